The quantitative estimate of drug-likeness (QED) is 0.641. The van der Waals surface area contributed by atoms with Crippen LogP contribution in [0.5, 0.6) is 5.75 Å². The summed E-state index contributed by atoms with van der Waals surface area (Å²) >= 11 is 3.21. The molecule has 0 bridgehead atoms. The highest BCUT2D eigenvalue weighted by Crippen LogP contribution is 2.19. The maximum Gasteiger partial charge on any atom is 0.172 e. The van der Waals surface area contributed by atoms with E-state index in [0.717, 1.165) is 5.56 Å². The Kier molecular flexibility index (Phi) is 3.88. The van der Waals surface area contributed by atoms with Crippen LogP contribution in [0.15, 0.2) is 47.1 Å². The minimum atomic E-state index is 0.301. The molecule has 1 heterocycles. The van der Waals surface area contributed by atoms with Crippen LogP contribution in [-0.4, -0.2) is 11.3 Å². The first-order valence-corrected chi connectivity index (χ1v) is 5.87. The Balaban J connectivity index is 2.11. The smallest absolute Gasteiger partial charge is 0.172 e. The van der Waals surface area contributed by atoms with Crippen molar-refractivity contribution >= 4 is 22.2 Å². The van der Waals surface area contributed by atoms with Gasteiger partial charge in [-0.2, -0.15) is 0 Å². The second kappa shape index (κ2) is 5.59. The number of aldehydes is 1. The van der Waals surface area contributed by atoms with Crippen LogP contribution < -0.4 is 4.74 Å². The van der Waals surface area contributed by atoms with Gasteiger partial charge in [0.05, 0.1) is 0 Å². The maximum absolute atomic E-state index is 10.8. The van der Waals surface area contributed by atoms with E-state index >= 15 is 0 Å². The molecule has 0 aliphatic carbocycles. The Morgan fingerprint density at radius 2 is 1.94 bits per heavy atom. The van der Waals surface area contributed by atoms with E-state index in [0.29, 0.717) is 28.9 Å². The highest BCUT2D eigenvalue weighted by Gasteiger charge is 2.05. The summed E-state index contributed by atoms with van der Waals surface area (Å²) in [5.41, 5.74) is 1.35. The van der Waals surface area contributed by atoms with E-state index < -0.39 is 0 Å². The number of carbonyl (C=O) groups excluding carboxylic acids is 1. The van der Waals surface area contributed by atoms with Crippen molar-refractivity contribution in [3.05, 3.63) is 58.3 Å². The van der Waals surface area contributed by atoms with Crippen molar-refractivity contribution in [3.8, 4) is 5.75 Å². The van der Waals surface area contributed by atoms with Crippen molar-refractivity contribution in [1.82, 2.24) is 4.98 Å². The van der Waals surface area contributed by atoms with E-state index in [2.05, 4.69) is 20.9 Å². The van der Waals surface area contributed by atoms with Crippen molar-refractivity contribution in [2.75, 3.05) is 0 Å². The standard InChI is InChI=1S/C13H10BrNO2/c14-13-7-6-12(11(8-16)15-13)17-9-10-4-2-1-3-5-10/h1-8H,9H2. The zero-order valence-corrected chi connectivity index (χ0v) is 10.6. The third kappa shape index (κ3) is 3.14. The minimum Gasteiger partial charge on any atom is -0.487 e. The Labute approximate surface area is 108 Å². The number of aromatic nitrogens is 1. The van der Waals surface area contributed by atoms with Gasteiger partial charge in [-0.15, -0.1) is 0 Å². The van der Waals surface area contributed by atoms with Crippen LogP contribution >= 0.6 is 15.9 Å². The summed E-state index contributed by atoms with van der Waals surface area (Å²) in [6.45, 7) is 0.422. The Bertz CT molecular complexity index is 514. The Morgan fingerprint density at radius 3 is 2.65 bits per heavy atom. The van der Waals surface area contributed by atoms with Crippen LogP contribution in [0.25, 0.3) is 0 Å². The first kappa shape index (κ1) is 11.8. The molecular weight excluding hydrogens is 282 g/mol. The number of pyridine rings is 1. The summed E-state index contributed by atoms with van der Waals surface area (Å²) < 4.78 is 6.17. The zero-order chi connectivity index (χ0) is 12.1. The lowest BCUT2D eigenvalue weighted by atomic mass is 10.2. The fourth-order valence-electron chi connectivity index (χ4n) is 1.38. The molecule has 0 saturated carbocycles. The highest BCUT2D eigenvalue weighted by atomic mass is 79.9. The molecule has 17 heavy (non-hydrogen) atoms. The van der Waals surface area contributed by atoms with Gasteiger partial charge in [0.15, 0.2) is 6.29 Å². The minimum absolute atomic E-state index is 0.301. The summed E-state index contributed by atoms with van der Waals surface area (Å²) in [6.07, 6.45) is 0.686. The van der Waals surface area contributed by atoms with E-state index in [4.69, 9.17) is 4.74 Å². The second-order valence-electron chi connectivity index (χ2n) is 3.41. The molecule has 0 N–H and O–H groups in total. The molecule has 0 amide bonds. The molecule has 0 aliphatic rings. The van der Waals surface area contributed by atoms with Gasteiger partial charge in [-0.25, -0.2) is 4.98 Å². The molecule has 0 spiro atoms. The van der Waals surface area contributed by atoms with E-state index in [1.807, 2.05) is 30.3 Å². The summed E-state index contributed by atoms with van der Waals surface area (Å²) in [5, 5.41) is 0. The van der Waals surface area contributed by atoms with Crippen LogP contribution in [0.4, 0.5) is 0 Å². The normalized spacial score (nSPS) is 9.94. The zero-order valence-electron chi connectivity index (χ0n) is 8.97. The number of nitrogens with zero attached hydrogens (tertiary/aromatic N) is 1. The maximum atomic E-state index is 10.8. The number of ether oxygens (including phenoxy) is 1. The van der Waals surface area contributed by atoms with Gasteiger partial charge in [-0.1, -0.05) is 30.3 Å². The van der Waals surface area contributed by atoms with Gasteiger partial charge >= 0.3 is 0 Å². The van der Waals surface area contributed by atoms with Crippen LogP contribution in [0.3, 0.4) is 0 Å². The molecular formula is C13H10BrNO2. The van der Waals surface area contributed by atoms with Gasteiger partial charge in [0.25, 0.3) is 0 Å². The first-order valence-electron chi connectivity index (χ1n) is 5.08. The molecule has 1 aromatic carbocycles. The second-order valence-corrected chi connectivity index (χ2v) is 4.22. The van der Waals surface area contributed by atoms with Gasteiger partial charge in [0.1, 0.15) is 22.7 Å². The van der Waals surface area contributed by atoms with Gasteiger partial charge in [0, 0.05) is 0 Å². The van der Waals surface area contributed by atoms with Crippen molar-refractivity contribution in [3.63, 3.8) is 0 Å². The topological polar surface area (TPSA) is 39.2 Å². The number of hydrogen-bond acceptors (Lipinski definition) is 3. The summed E-state index contributed by atoms with van der Waals surface area (Å²) in [6, 6.07) is 13.2. The average Bonchev–Trinajstić information content (AvgIpc) is 2.38. The fraction of sp³-hybridized carbons (Fsp3) is 0.0769. The molecule has 0 unspecified atom stereocenters. The molecule has 4 heteroatoms. The molecule has 0 saturated heterocycles. The van der Waals surface area contributed by atoms with Crippen molar-refractivity contribution < 1.29 is 9.53 Å². The summed E-state index contributed by atoms with van der Waals surface area (Å²) in [5.74, 6) is 0.493. The monoisotopic (exact) mass is 291 g/mol. The average molecular weight is 292 g/mol. The summed E-state index contributed by atoms with van der Waals surface area (Å²) in [4.78, 5) is 14.9. The van der Waals surface area contributed by atoms with Gasteiger partial charge in [-0.05, 0) is 33.6 Å². The van der Waals surface area contributed by atoms with Gasteiger partial charge < -0.3 is 4.74 Å². The largest absolute Gasteiger partial charge is 0.487 e. The first-order chi connectivity index (χ1) is 8.29. The van der Waals surface area contributed by atoms with Crippen molar-refractivity contribution in [1.29, 1.82) is 0 Å². The van der Waals surface area contributed by atoms with E-state index in [1.165, 1.54) is 0 Å². The lowest BCUT2D eigenvalue weighted by molar-refractivity contribution is 0.111. The Hall–Kier alpha value is -1.68. The van der Waals surface area contributed by atoms with E-state index in [9.17, 15) is 4.79 Å². The SMILES string of the molecule is O=Cc1nc(Br)ccc1OCc1ccccc1. The van der Waals surface area contributed by atoms with Crippen LogP contribution in [-0.2, 0) is 6.61 Å². The van der Waals surface area contributed by atoms with Crippen molar-refractivity contribution in [2.24, 2.45) is 0 Å². The molecule has 0 atom stereocenters. The molecule has 0 radical (unpaired) electrons. The van der Waals surface area contributed by atoms with Crippen LogP contribution in [0.1, 0.15) is 16.1 Å². The van der Waals surface area contributed by atoms with Crippen LogP contribution in [0.2, 0.25) is 0 Å². The molecule has 0 fully saturated rings. The molecule has 3 nitrogen and oxygen atoms in total. The van der Waals surface area contributed by atoms with E-state index in [1.54, 1.807) is 12.1 Å². The predicted octanol–water partition coefficient (Wildman–Crippen LogP) is 3.24. The van der Waals surface area contributed by atoms with E-state index in [-0.39, 0.29) is 0 Å². The lowest BCUT2D eigenvalue weighted by Crippen LogP contribution is -1.99. The molecule has 0 aliphatic heterocycles. The fourth-order valence-corrected chi connectivity index (χ4v) is 1.70. The summed E-state index contributed by atoms with van der Waals surface area (Å²) in [7, 11) is 0. The van der Waals surface area contributed by atoms with Gasteiger partial charge in [-0.3, -0.25) is 4.79 Å². The number of benzene rings is 1. The Morgan fingerprint density at radius 1 is 1.18 bits per heavy atom. The predicted molar refractivity (Wildman–Crippen MR) is 68.1 cm³/mol. The van der Waals surface area contributed by atoms with Gasteiger partial charge in [0.2, 0.25) is 0 Å². The number of carbonyl (C=O) groups is 1. The number of hydrogen-bond donors (Lipinski definition) is 0. The molecule has 2 rings (SSSR count). The highest BCUT2D eigenvalue weighted by molar-refractivity contribution is 9.10. The lowest BCUT2D eigenvalue weighted by Gasteiger charge is -2.07. The number of rotatable bonds is 4. The third-order valence-corrected chi connectivity index (χ3v) is 2.64. The molecule has 1 aromatic heterocycles. The third-order valence-electron chi connectivity index (χ3n) is 2.20. The van der Waals surface area contributed by atoms with Crippen LogP contribution in [0, 0.1) is 0 Å². The van der Waals surface area contributed by atoms with Crippen molar-refractivity contribution in [2.45, 2.75) is 6.61 Å². The number of halogens is 1. The molecule has 86 valence electrons. The molecule has 2 aromatic rings.